The van der Waals surface area contributed by atoms with Crippen molar-refractivity contribution in [3.63, 3.8) is 0 Å². The Morgan fingerprint density at radius 2 is 0.521 bits per heavy atom. The van der Waals surface area contributed by atoms with Gasteiger partial charge in [0.25, 0.3) is 0 Å². The first-order valence-electron chi connectivity index (χ1n) is 49.6. The second-order valence-electron chi connectivity index (χ2n) is 39.0. The lowest BCUT2D eigenvalue weighted by Crippen LogP contribution is -2.67. The highest BCUT2D eigenvalue weighted by molar-refractivity contribution is 7.90. The first kappa shape index (κ1) is 105. The molecule has 4 unspecified atom stereocenters. The van der Waals surface area contributed by atoms with Gasteiger partial charge in [-0.25, -0.2) is 33.7 Å². The van der Waals surface area contributed by atoms with Crippen molar-refractivity contribution in [2.45, 2.75) is 147 Å². The summed E-state index contributed by atoms with van der Waals surface area (Å²) in [6.07, 6.45) is 16.0. The smallest absolute Gasteiger partial charge is 0.243 e. The van der Waals surface area contributed by atoms with Crippen LogP contribution >= 0.6 is 23.2 Å². The third-order valence-electron chi connectivity index (χ3n) is 30.4. The minimum absolute atomic E-state index is 0.000660. The van der Waals surface area contributed by atoms with E-state index in [0.717, 1.165) is 95.5 Å². The van der Waals surface area contributed by atoms with Crippen molar-refractivity contribution in [3.05, 3.63) is 404 Å². The number of halogens is 2. The number of nitrogens with zero attached hydrogens (tertiary/aromatic N) is 8. The standard InChI is InChI=1S/C30H33ClN2O3S.C30H34N2O3S.C29H31ClN2O3S.C29H32N2O3S/c1-21-9-4-5-12-29(21)37(34,35)32-17-6-7-18-33-27(19-32)30(28(33)20-36-3)24-15-13-23(14-16-24)25-10-8-11-26(31)22(25)2;1-22-9-8-11-26(19-22)24-13-15-25(16-14-24)30-27-20-31(17-6-7-18-32(27)28(30)21-35-3)36(33,34)29-12-5-4-10-23(29)2;1-20-8-3-4-11-28(20)36(34,35)31-16-5-6-17-32-26(18-31)29(27(32)19-33)23-14-12-22(13-15-23)24-9-7-10-25(30)21(24)2;1-21-8-7-10-25(18-21)23-12-14-24(15-13-23)29-26-19-30(16-5-6-17-31(26)27(29)20-32)35(33,34)28-11-4-3-9-22(28)2/h4-16,27-28,30H,17-20H2,1-3H3;4-16,19,27-28,30H,17-18,20-21H2,1-3H3;3-15,26-27,29,33H,16-19H2,1-2H3;3-15,18,26-27,29,32H,16-17,19-20H2,1-2H3/b2*7-6-;2*6-5-/t2*27?,28-,30+;2*26?,27-,29+/m1111/s1. The number of hydrogen-bond donors (Lipinski definition) is 2. The van der Waals surface area contributed by atoms with Crippen LogP contribution in [0.15, 0.2) is 347 Å². The third kappa shape index (κ3) is 21.9. The lowest BCUT2D eigenvalue weighted by atomic mass is 9.74. The quantitative estimate of drug-likeness (QED) is 0.0602. The Labute approximate surface area is 862 Å². The highest BCUT2D eigenvalue weighted by Gasteiger charge is 2.55. The summed E-state index contributed by atoms with van der Waals surface area (Å²) in [5.41, 5.74) is 21.4. The minimum Gasteiger partial charge on any atom is -0.395 e. The van der Waals surface area contributed by atoms with Gasteiger partial charge in [0.2, 0.25) is 40.1 Å². The monoisotopic (exact) mass is 2050 g/mol. The molecule has 12 aromatic rings. The maximum Gasteiger partial charge on any atom is 0.243 e. The van der Waals surface area contributed by atoms with Gasteiger partial charge >= 0.3 is 0 Å². The lowest BCUT2D eigenvalue weighted by molar-refractivity contribution is -0.0508. The maximum absolute atomic E-state index is 13.7. The second-order valence-corrected chi connectivity index (χ2v) is 47.4. The fourth-order valence-electron chi connectivity index (χ4n) is 22.6. The average Bonchev–Trinajstić information content (AvgIpc) is 0.747. The summed E-state index contributed by atoms with van der Waals surface area (Å²) in [7, 11) is -11.1. The van der Waals surface area contributed by atoms with E-state index in [1.165, 1.54) is 38.9 Å². The zero-order valence-corrected chi connectivity index (χ0v) is 88.1. The molecule has 12 aromatic carbocycles. The van der Waals surface area contributed by atoms with E-state index in [2.05, 4.69) is 203 Å². The Balaban J connectivity index is 0.000000132. The van der Waals surface area contributed by atoms with Gasteiger partial charge in [-0.15, -0.1) is 0 Å². The van der Waals surface area contributed by atoms with E-state index in [-0.39, 0.29) is 85.2 Å². The van der Waals surface area contributed by atoms with Crippen LogP contribution in [0.2, 0.25) is 10.0 Å². The SMILES string of the molecule is COC[C@@H]1[C@@H](c2ccc(-c3cccc(C)c3)cc2)C2CN(S(=O)(=O)c3ccccc3C)C/C=C\CN21.COC[C@@H]1[C@@H](c2ccc(-c3cccc(Cl)c3C)cc2)C2CN(S(=O)(=O)c3ccccc3C)C/C=C\CN21.Cc1cccc(-c2ccc([C@H]3C4CN(S(=O)(=O)c5ccccc5C)C/C=C\CN4[C@@H]3CO)cc2)c1.Cc1ccccc1S(=O)(=O)N1C/C=C\CN2C(C1)[C@H](c1ccc(-c3cccc(Cl)c3C)cc1)[C@H]2CO. The molecule has 2 N–H and O–H groups in total. The molecule has 4 saturated heterocycles. The van der Waals surface area contributed by atoms with Crippen LogP contribution in [0, 0.1) is 55.4 Å². The van der Waals surface area contributed by atoms with Gasteiger partial charge in [0, 0.05) is 175 Å². The van der Waals surface area contributed by atoms with Crippen LogP contribution in [0.25, 0.3) is 44.5 Å². The van der Waals surface area contributed by atoms with Crippen molar-refractivity contribution < 1.29 is 53.4 Å². The van der Waals surface area contributed by atoms with Crippen molar-refractivity contribution in [3.8, 4) is 44.5 Å². The number of methoxy groups -OCH3 is 2. The van der Waals surface area contributed by atoms with E-state index in [1.807, 2.05) is 151 Å². The van der Waals surface area contributed by atoms with Crippen LogP contribution < -0.4 is 0 Å². The van der Waals surface area contributed by atoms with Gasteiger partial charge < -0.3 is 19.7 Å². The molecule has 26 heteroatoms. The van der Waals surface area contributed by atoms with Crippen LogP contribution in [0.3, 0.4) is 0 Å². The Hall–Kier alpha value is -10.5. The molecule has 0 radical (unpaired) electrons. The van der Waals surface area contributed by atoms with E-state index < -0.39 is 40.1 Å². The predicted octanol–water partition coefficient (Wildman–Crippen LogP) is 20.1. The van der Waals surface area contributed by atoms with Crippen molar-refractivity contribution in [2.24, 2.45) is 0 Å². The Kier molecular flexibility index (Phi) is 33.4. The summed E-state index contributed by atoms with van der Waals surface area (Å²) in [6, 6.07) is 92.3. The first-order valence-corrected chi connectivity index (χ1v) is 56.1. The molecule has 0 amide bonds. The molecule has 20 nitrogen and oxygen atoms in total. The molecule has 8 aliphatic heterocycles. The largest absolute Gasteiger partial charge is 0.395 e. The number of aliphatic hydroxyl groups excluding tert-OH is 2. The fraction of sp³-hybridized carbons (Fsp3) is 0.322. The van der Waals surface area contributed by atoms with E-state index in [4.69, 9.17) is 32.7 Å². The summed E-state index contributed by atoms with van der Waals surface area (Å²) in [5, 5.41) is 22.0. The molecular weight excluding hydrogens is 1920 g/mol. The summed E-state index contributed by atoms with van der Waals surface area (Å²) in [6.45, 7) is 23.0. The molecule has 144 heavy (non-hydrogen) atoms. The topological polar surface area (TPSA) is 221 Å². The molecule has 752 valence electrons. The number of hydrogen-bond acceptors (Lipinski definition) is 16. The number of sulfonamides is 4. The molecule has 12 atom stereocenters. The summed E-state index contributed by atoms with van der Waals surface area (Å²) in [4.78, 5) is 10.7. The number of aliphatic hydroxyl groups is 2. The van der Waals surface area contributed by atoms with E-state index in [1.54, 1.807) is 80.0 Å². The number of benzene rings is 12. The van der Waals surface area contributed by atoms with Crippen molar-refractivity contribution in [1.82, 2.24) is 36.8 Å². The van der Waals surface area contributed by atoms with Gasteiger partial charge in [-0.1, -0.05) is 326 Å². The third-order valence-corrected chi connectivity index (χ3v) is 39.2. The second kappa shape index (κ2) is 45.9. The van der Waals surface area contributed by atoms with E-state index in [0.29, 0.717) is 98.2 Å². The normalized spacial score (nSPS) is 23.8. The highest BCUT2D eigenvalue weighted by Crippen LogP contribution is 2.49. The van der Waals surface area contributed by atoms with Crippen molar-refractivity contribution in [2.75, 3.05) is 119 Å². The molecule has 0 saturated carbocycles. The van der Waals surface area contributed by atoms with Crippen LogP contribution in [-0.2, 0) is 49.6 Å². The summed E-state index contributed by atoms with van der Waals surface area (Å²) >= 11 is 12.7. The van der Waals surface area contributed by atoms with Gasteiger partial charge in [-0.3, -0.25) is 19.6 Å². The Morgan fingerprint density at radius 1 is 0.278 bits per heavy atom. The molecule has 8 heterocycles. The highest BCUT2D eigenvalue weighted by atomic mass is 35.5. The van der Waals surface area contributed by atoms with Crippen molar-refractivity contribution in [1.29, 1.82) is 0 Å². The van der Waals surface area contributed by atoms with Crippen LogP contribution in [0.4, 0.5) is 0 Å². The Morgan fingerprint density at radius 3 is 0.778 bits per heavy atom. The summed E-state index contributed by atoms with van der Waals surface area (Å²) < 4.78 is 127. The Bertz CT molecular complexity index is 7180. The van der Waals surface area contributed by atoms with E-state index in [9.17, 15) is 43.9 Å². The van der Waals surface area contributed by atoms with Gasteiger partial charge in [-0.2, -0.15) is 17.2 Å². The number of ether oxygens (including phenoxy) is 2. The average molecular weight is 2050 g/mol. The van der Waals surface area contributed by atoms with Gasteiger partial charge in [-0.05, 0) is 192 Å². The number of fused-ring (bicyclic) bond motifs is 4. The lowest BCUT2D eigenvalue weighted by Gasteiger charge is -2.56. The predicted molar refractivity (Wildman–Crippen MR) is 579 cm³/mol. The van der Waals surface area contributed by atoms with Crippen LogP contribution in [-0.4, -0.2) is 248 Å². The molecule has 0 aromatic heterocycles. The first-order chi connectivity index (χ1) is 69.4. The molecule has 0 bridgehead atoms. The molecule has 0 spiro atoms. The van der Waals surface area contributed by atoms with Gasteiger partial charge in [0.1, 0.15) is 0 Å². The van der Waals surface area contributed by atoms with E-state index >= 15 is 0 Å². The zero-order chi connectivity index (χ0) is 101. The molecule has 8 aliphatic rings. The molecular formula is C118H130Cl2N8O12S4. The van der Waals surface area contributed by atoms with Crippen LogP contribution in [0.1, 0.15) is 90.4 Å². The summed E-state index contributed by atoms with van der Waals surface area (Å²) in [5.74, 6) is 0.450. The van der Waals surface area contributed by atoms with Gasteiger partial charge in [0.15, 0.2) is 0 Å². The maximum atomic E-state index is 13.7. The molecule has 20 rings (SSSR count). The molecule has 4 fully saturated rings. The molecule has 0 aliphatic carbocycles. The van der Waals surface area contributed by atoms with Crippen molar-refractivity contribution >= 4 is 63.3 Å². The fourth-order valence-corrected chi connectivity index (χ4v) is 29.5. The zero-order valence-electron chi connectivity index (χ0n) is 83.4. The minimum atomic E-state index is -3.66. The number of rotatable bonds is 22. The van der Waals surface area contributed by atoms with Gasteiger partial charge in [0.05, 0.1) is 46.0 Å². The van der Waals surface area contributed by atoms with Crippen LogP contribution in [0.5, 0.6) is 0 Å². The number of aryl methyl sites for hydroxylation is 6.